The van der Waals surface area contributed by atoms with Crippen LogP contribution in [0.5, 0.6) is 0 Å². The van der Waals surface area contributed by atoms with E-state index in [1.165, 1.54) is 16.6 Å². The monoisotopic (exact) mass is 313 g/mol. The Morgan fingerprint density at radius 2 is 2.05 bits per heavy atom. The standard InChI is InChI=1S/C14H23N3O3S/c1-16-7-5-12(6-8-16)10-17(2)21(19,20)14-4-3-13(11-18)9-15-14/h3-4,9,12,18H,5-8,10-11H2,1-2H3. The van der Waals surface area contributed by atoms with Crippen LogP contribution < -0.4 is 0 Å². The Bertz CT molecular complexity index is 551. The van der Waals surface area contributed by atoms with Crippen LogP contribution in [0.1, 0.15) is 18.4 Å². The molecule has 0 spiro atoms. The van der Waals surface area contributed by atoms with Gasteiger partial charge in [-0.05, 0) is 50.5 Å². The van der Waals surface area contributed by atoms with Gasteiger partial charge in [0.2, 0.25) is 0 Å². The van der Waals surface area contributed by atoms with Crippen molar-refractivity contribution in [1.82, 2.24) is 14.2 Å². The molecule has 0 aliphatic carbocycles. The Labute approximate surface area is 126 Å². The molecule has 0 atom stereocenters. The fourth-order valence-corrected chi connectivity index (χ4v) is 3.68. The highest BCUT2D eigenvalue weighted by Gasteiger charge is 2.26. The average molecular weight is 313 g/mol. The Morgan fingerprint density at radius 3 is 2.57 bits per heavy atom. The molecule has 1 saturated heterocycles. The zero-order valence-electron chi connectivity index (χ0n) is 12.6. The number of sulfonamides is 1. The van der Waals surface area contributed by atoms with Crippen molar-refractivity contribution in [2.24, 2.45) is 5.92 Å². The van der Waals surface area contributed by atoms with Crippen molar-refractivity contribution in [3.05, 3.63) is 23.9 Å². The summed E-state index contributed by atoms with van der Waals surface area (Å²) in [7, 11) is 0.143. The number of nitrogens with zero attached hydrogens (tertiary/aromatic N) is 3. The second kappa shape index (κ2) is 6.83. The van der Waals surface area contributed by atoms with Crippen LogP contribution in [0.2, 0.25) is 0 Å². The van der Waals surface area contributed by atoms with E-state index in [0.29, 0.717) is 18.0 Å². The van der Waals surface area contributed by atoms with E-state index in [2.05, 4.69) is 16.9 Å². The van der Waals surface area contributed by atoms with Crippen molar-refractivity contribution in [2.75, 3.05) is 33.7 Å². The predicted octanol–water partition coefficient (Wildman–Crippen LogP) is 0.536. The second-order valence-electron chi connectivity index (χ2n) is 5.69. The van der Waals surface area contributed by atoms with Crippen LogP contribution in [0.4, 0.5) is 0 Å². The molecular weight excluding hydrogens is 290 g/mol. The number of pyridine rings is 1. The van der Waals surface area contributed by atoms with Crippen molar-refractivity contribution < 1.29 is 13.5 Å². The molecule has 0 bridgehead atoms. The van der Waals surface area contributed by atoms with Gasteiger partial charge in [-0.2, -0.15) is 4.31 Å². The van der Waals surface area contributed by atoms with E-state index >= 15 is 0 Å². The largest absolute Gasteiger partial charge is 0.392 e. The van der Waals surface area contributed by atoms with E-state index < -0.39 is 10.0 Å². The number of rotatable bonds is 5. The highest BCUT2D eigenvalue weighted by Crippen LogP contribution is 2.20. The smallest absolute Gasteiger partial charge is 0.260 e. The van der Waals surface area contributed by atoms with E-state index in [1.807, 2.05) is 0 Å². The third-order valence-corrected chi connectivity index (χ3v) is 5.75. The summed E-state index contributed by atoms with van der Waals surface area (Å²) >= 11 is 0. The number of hydrogen-bond donors (Lipinski definition) is 1. The molecule has 1 aliphatic heterocycles. The summed E-state index contributed by atoms with van der Waals surface area (Å²) in [6, 6.07) is 3.04. The van der Waals surface area contributed by atoms with Gasteiger partial charge in [-0.25, -0.2) is 13.4 Å². The molecule has 2 rings (SSSR count). The summed E-state index contributed by atoms with van der Waals surface area (Å²) in [5.41, 5.74) is 0.604. The van der Waals surface area contributed by atoms with E-state index in [4.69, 9.17) is 5.11 Å². The molecule has 1 aromatic heterocycles. The van der Waals surface area contributed by atoms with Gasteiger partial charge in [0.05, 0.1) is 6.61 Å². The van der Waals surface area contributed by atoms with Gasteiger partial charge in [-0.15, -0.1) is 0 Å². The number of aliphatic hydroxyl groups is 1. The molecule has 0 radical (unpaired) electrons. The highest BCUT2D eigenvalue weighted by molar-refractivity contribution is 7.89. The first-order valence-corrected chi connectivity index (χ1v) is 8.58. The summed E-state index contributed by atoms with van der Waals surface area (Å²) in [6.45, 7) is 2.42. The Morgan fingerprint density at radius 1 is 1.38 bits per heavy atom. The highest BCUT2D eigenvalue weighted by atomic mass is 32.2. The Balaban J connectivity index is 2.03. The van der Waals surface area contributed by atoms with Gasteiger partial charge in [-0.1, -0.05) is 6.07 Å². The quantitative estimate of drug-likeness (QED) is 0.859. The second-order valence-corrected chi connectivity index (χ2v) is 7.69. The van der Waals surface area contributed by atoms with Crippen molar-refractivity contribution in [1.29, 1.82) is 0 Å². The van der Waals surface area contributed by atoms with Gasteiger partial charge in [-0.3, -0.25) is 0 Å². The first kappa shape index (κ1) is 16.4. The van der Waals surface area contributed by atoms with Gasteiger partial charge in [0.1, 0.15) is 0 Å². The fourth-order valence-electron chi connectivity index (χ4n) is 2.52. The minimum atomic E-state index is -3.55. The third-order valence-electron chi connectivity index (χ3n) is 4.01. The first-order valence-electron chi connectivity index (χ1n) is 7.14. The average Bonchev–Trinajstić information content (AvgIpc) is 2.49. The zero-order valence-corrected chi connectivity index (χ0v) is 13.4. The van der Waals surface area contributed by atoms with Crippen molar-refractivity contribution in [3.63, 3.8) is 0 Å². The molecule has 6 nitrogen and oxygen atoms in total. The van der Waals surface area contributed by atoms with Crippen LogP contribution in [0.25, 0.3) is 0 Å². The van der Waals surface area contributed by atoms with Gasteiger partial charge in [0.15, 0.2) is 5.03 Å². The number of hydrogen-bond acceptors (Lipinski definition) is 5. The minimum absolute atomic E-state index is 0.0372. The maximum absolute atomic E-state index is 12.5. The van der Waals surface area contributed by atoms with E-state index in [0.717, 1.165) is 25.9 Å². The molecule has 7 heteroatoms. The summed E-state index contributed by atoms with van der Waals surface area (Å²) in [5.74, 6) is 0.401. The van der Waals surface area contributed by atoms with Crippen LogP contribution in [-0.2, 0) is 16.6 Å². The SMILES string of the molecule is CN1CCC(CN(C)S(=O)(=O)c2ccc(CO)cn2)CC1. The summed E-state index contributed by atoms with van der Waals surface area (Å²) < 4.78 is 26.3. The number of aliphatic hydroxyl groups excluding tert-OH is 1. The van der Waals surface area contributed by atoms with Crippen LogP contribution in [0, 0.1) is 5.92 Å². The fraction of sp³-hybridized carbons (Fsp3) is 0.643. The summed E-state index contributed by atoms with van der Waals surface area (Å²) in [6.07, 6.45) is 3.44. The molecule has 1 aliphatic rings. The van der Waals surface area contributed by atoms with E-state index in [1.54, 1.807) is 13.1 Å². The third kappa shape index (κ3) is 4.00. The van der Waals surface area contributed by atoms with Crippen molar-refractivity contribution in [2.45, 2.75) is 24.5 Å². The molecule has 0 saturated carbocycles. The Kier molecular flexibility index (Phi) is 5.32. The van der Waals surface area contributed by atoms with Gasteiger partial charge < -0.3 is 10.0 Å². The summed E-state index contributed by atoms with van der Waals surface area (Å²) in [4.78, 5) is 6.21. The van der Waals surface area contributed by atoms with E-state index in [9.17, 15) is 8.42 Å². The van der Waals surface area contributed by atoms with Crippen LogP contribution in [0.15, 0.2) is 23.4 Å². The lowest BCUT2D eigenvalue weighted by Gasteiger charge is -2.31. The van der Waals surface area contributed by atoms with Crippen molar-refractivity contribution >= 4 is 10.0 Å². The maximum atomic E-state index is 12.5. The Hall–Kier alpha value is -1.02. The van der Waals surface area contributed by atoms with Gasteiger partial charge in [0.25, 0.3) is 10.0 Å². The van der Waals surface area contributed by atoms with Crippen LogP contribution in [-0.4, -0.2) is 61.4 Å². The van der Waals surface area contributed by atoms with Gasteiger partial charge in [0, 0.05) is 19.8 Å². The van der Waals surface area contributed by atoms with Crippen LogP contribution in [0.3, 0.4) is 0 Å². The molecule has 0 unspecified atom stereocenters. The van der Waals surface area contributed by atoms with Gasteiger partial charge >= 0.3 is 0 Å². The van der Waals surface area contributed by atoms with Crippen LogP contribution >= 0.6 is 0 Å². The molecule has 0 aromatic carbocycles. The lowest BCUT2D eigenvalue weighted by atomic mass is 9.97. The predicted molar refractivity (Wildman–Crippen MR) is 80.2 cm³/mol. The molecule has 2 heterocycles. The lowest BCUT2D eigenvalue weighted by Crippen LogP contribution is -2.38. The minimum Gasteiger partial charge on any atom is -0.392 e. The molecule has 1 aromatic rings. The molecule has 1 fully saturated rings. The molecule has 21 heavy (non-hydrogen) atoms. The number of piperidine rings is 1. The van der Waals surface area contributed by atoms with Crippen molar-refractivity contribution in [3.8, 4) is 0 Å². The first-order chi connectivity index (χ1) is 9.93. The topological polar surface area (TPSA) is 73.7 Å². The molecular formula is C14H23N3O3S. The normalized spacial score (nSPS) is 18.3. The van der Waals surface area contributed by atoms with E-state index in [-0.39, 0.29) is 11.6 Å². The molecule has 1 N–H and O–H groups in total. The zero-order chi connectivity index (χ0) is 15.5. The summed E-state index contributed by atoms with van der Waals surface area (Å²) in [5, 5.41) is 9.01. The molecule has 118 valence electrons. The number of aromatic nitrogens is 1. The maximum Gasteiger partial charge on any atom is 0.260 e. The lowest BCUT2D eigenvalue weighted by molar-refractivity contribution is 0.202. The molecule has 0 amide bonds. The number of likely N-dealkylation sites (tertiary alicyclic amines) is 1.